The molecule has 4 N–H and O–H groups in total. The van der Waals surface area contributed by atoms with E-state index in [9.17, 15) is 9.59 Å². The van der Waals surface area contributed by atoms with E-state index in [0.717, 1.165) is 56.1 Å². The molecule has 0 saturated carbocycles. The number of fused-ring (bicyclic) bond motifs is 1. The molecule has 36 heavy (non-hydrogen) atoms. The van der Waals surface area contributed by atoms with Gasteiger partial charge in [-0.3, -0.25) is 9.59 Å². The number of hydrogen-bond donors (Lipinski definition) is 3. The SMILES string of the molecule is CCC(CCCCNC(=O)c1ccc(-c2ccccc2)cc1)NC1CCc2ccc(C(N)=O)cc2C1. The summed E-state index contributed by atoms with van der Waals surface area (Å²) in [5, 5.41) is 6.90. The first-order valence-electron chi connectivity index (χ1n) is 13.1. The summed E-state index contributed by atoms with van der Waals surface area (Å²) in [6.45, 7) is 2.91. The highest BCUT2D eigenvalue weighted by Crippen LogP contribution is 2.24. The molecule has 0 saturated heterocycles. The lowest BCUT2D eigenvalue weighted by molar-refractivity contribution is 0.0951. The summed E-state index contributed by atoms with van der Waals surface area (Å²) in [6.07, 6.45) is 7.26. The van der Waals surface area contributed by atoms with Crippen molar-refractivity contribution in [1.29, 1.82) is 0 Å². The van der Waals surface area contributed by atoms with Crippen LogP contribution in [0.5, 0.6) is 0 Å². The van der Waals surface area contributed by atoms with Crippen molar-refractivity contribution in [3.05, 3.63) is 95.1 Å². The topological polar surface area (TPSA) is 84.2 Å². The fourth-order valence-electron chi connectivity index (χ4n) is 5.06. The van der Waals surface area contributed by atoms with Crippen molar-refractivity contribution in [2.24, 2.45) is 5.73 Å². The lowest BCUT2D eigenvalue weighted by Gasteiger charge is -2.30. The Labute approximate surface area is 214 Å². The number of primary amides is 1. The van der Waals surface area contributed by atoms with E-state index in [2.05, 4.69) is 35.8 Å². The van der Waals surface area contributed by atoms with Crippen molar-refractivity contribution in [2.45, 2.75) is 64.0 Å². The molecular weight excluding hydrogens is 446 g/mol. The van der Waals surface area contributed by atoms with Crippen LogP contribution in [0.1, 0.15) is 70.9 Å². The minimum Gasteiger partial charge on any atom is -0.366 e. The Hall–Kier alpha value is -3.44. The lowest BCUT2D eigenvalue weighted by atomic mass is 9.86. The van der Waals surface area contributed by atoms with Crippen molar-refractivity contribution in [2.75, 3.05) is 6.54 Å². The Morgan fingerprint density at radius 3 is 2.36 bits per heavy atom. The molecule has 0 aromatic heterocycles. The van der Waals surface area contributed by atoms with Crippen LogP contribution in [0.15, 0.2) is 72.8 Å². The summed E-state index contributed by atoms with van der Waals surface area (Å²) in [5.74, 6) is -0.383. The van der Waals surface area contributed by atoms with Gasteiger partial charge in [-0.05, 0) is 85.0 Å². The number of hydrogen-bond acceptors (Lipinski definition) is 3. The summed E-state index contributed by atoms with van der Waals surface area (Å²) in [5.41, 5.74) is 11.6. The van der Waals surface area contributed by atoms with E-state index in [1.165, 1.54) is 11.1 Å². The van der Waals surface area contributed by atoms with E-state index in [0.29, 0.717) is 29.8 Å². The highest BCUT2D eigenvalue weighted by atomic mass is 16.2. The highest BCUT2D eigenvalue weighted by molar-refractivity contribution is 5.94. The van der Waals surface area contributed by atoms with Gasteiger partial charge in [0, 0.05) is 29.8 Å². The second kappa shape index (κ2) is 12.5. The Morgan fingerprint density at radius 2 is 1.64 bits per heavy atom. The van der Waals surface area contributed by atoms with Gasteiger partial charge in [-0.2, -0.15) is 0 Å². The number of carbonyl (C=O) groups is 2. The molecule has 0 fully saturated rings. The van der Waals surface area contributed by atoms with Crippen LogP contribution in [0, 0.1) is 0 Å². The fourth-order valence-corrected chi connectivity index (χ4v) is 5.06. The first-order valence-corrected chi connectivity index (χ1v) is 13.1. The summed E-state index contributed by atoms with van der Waals surface area (Å²) < 4.78 is 0. The van der Waals surface area contributed by atoms with Gasteiger partial charge < -0.3 is 16.4 Å². The molecule has 0 aliphatic heterocycles. The Balaban J connectivity index is 1.18. The van der Waals surface area contributed by atoms with Gasteiger partial charge in [0.2, 0.25) is 5.91 Å². The third-order valence-corrected chi connectivity index (χ3v) is 7.20. The minimum absolute atomic E-state index is 0.0176. The van der Waals surface area contributed by atoms with Crippen LogP contribution < -0.4 is 16.4 Å². The average Bonchev–Trinajstić information content (AvgIpc) is 2.92. The normalized spacial score (nSPS) is 15.6. The summed E-state index contributed by atoms with van der Waals surface area (Å²) in [6, 6.07) is 24.7. The number of aryl methyl sites for hydroxylation is 1. The second-order valence-corrected chi connectivity index (χ2v) is 9.75. The molecule has 0 radical (unpaired) electrons. The largest absolute Gasteiger partial charge is 0.366 e. The zero-order valence-electron chi connectivity index (χ0n) is 21.1. The van der Waals surface area contributed by atoms with E-state index in [1.54, 1.807) is 0 Å². The predicted molar refractivity (Wildman–Crippen MR) is 146 cm³/mol. The maximum Gasteiger partial charge on any atom is 0.251 e. The van der Waals surface area contributed by atoms with E-state index >= 15 is 0 Å². The van der Waals surface area contributed by atoms with E-state index in [-0.39, 0.29) is 11.8 Å². The van der Waals surface area contributed by atoms with Crippen molar-refractivity contribution < 1.29 is 9.59 Å². The molecule has 0 spiro atoms. The Bertz CT molecular complexity index is 1160. The van der Waals surface area contributed by atoms with Crippen LogP contribution in [0.3, 0.4) is 0 Å². The van der Waals surface area contributed by atoms with Crippen LogP contribution in [0.4, 0.5) is 0 Å². The van der Waals surface area contributed by atoms with E-state index < -0.39 is 0 Å². The third-order valence-electron chi connectivity index (χ3n) is 7.20. The molecule has 3 aromatic carbocycles. The maximum absolute atomic E-state index is 12.5. The van der Waals surface area contributed by atoms with Gasteiger partial charge in [0.15, 0.2) is 0 Å². The van der Waals surface area contributed by atoms with Crippen LogP contribution in [-0.2, 0) is 12.8 Å². The second-order valence-electron chi connectivity index (χ2n) is 9.75. The van der Waals surface area contributed by atoms with Gasteiger partial charge in [-0.25, -0.2) is 0 Å². The third kappa shape index (κ3) is 6.82. The smallest absolute Gasteiger partial charge is 0.251 e. The van der Waals surface area contributed by atoms with Crippen molar-refractivity contribution in [3.63, 3.8) is 0 Å². The van der Waals surface area contributed by atoms with E-state index in [4.69, 9.17) is 5.73 Å². The monoisotopic (exact) mass is 483 g/mol. The van der Waals surface area contributed by atoms with Crippen LogP contribution in [-0.4, -0.2) is 30.4 Å². The predicted octanol–water partition coefficient (Wildman–Crippen LogP) is 5.28. The zero-order chi connectivity index (χ0) is 25.3. The Morgan fingerprint density at radius 1 is 0.917 bits per heavy atom. The lowest BCUT2D eigenvalue weighted by Crippen LogP contribution is -2.41. The van der Waals surface area contributed by atoms with Crippen molar-refractivity contribution >= 4 is 11.8 Å². The van der Waals surface area contributed by atoms with Gasteiger partial charge in [0.05, 0.1) is 0 Å². The molecule has 4 rings (SSSR count). The summed E-state index contributed by atoms with van der Waals surface area (Å²) in [4.78, 5) is 24.1. The molecule has 3 aromatic rings. The molecule has 2 amide bonds. The number of nitrogens with one attached hydrogen (secondary N) is 2. The maximum atomic E-state index is 12.5. The van der Waals surface area contributed by atoms with Gasteiger partial charge in [-0.1, -0.05) is 61.9 Å². The quantitative estimate of drug-likeness (QED) is 0.325. The average molecular weight is 484 g/mol. The molecular formula is C31H37N3O2. The molecule has 5 heteroatoms. The highest BCUT2D eigenvalue weighted by Gasteiger charge is 2.21. The minimum atomic E-state index is -0.365. The molecule has 1 aliphatic rings. The van der Waals surface area contributed by atoms with Crippen LogP contribution in [0.2, 0.25) is 0 Å². The molecule has 5 nitrogen and oxygen atoms in total. The molecule has 2 unspecified atom stereocenters. The summed E-state index contributed by atoms with van der Waals surface area (Å²) in [7, 11) is 0. The number of carbonyl (C=O) groups excluding carboxylic acids is 2. The van der Waals surface area contributed by atoms with E-state index in [1.807, 2.05) is 54.6 Å². The van der Waals surface area contributed by atoms with Gasteiger partial charge in [-0.15, -0.1) is 0 Å². The molecule has 1 aliphatic carbocycles. The number of amides is 2. The zero-order valence-corrected chi connectivity index (χ0v) is 21.1. The first kappa shape index (κ1) is 25.6. The fraction of sp³-hybridized carbons (Fsp3) is 0.355. The number of benzene rings is 3. The van der Waals surface area contributed by atoms with Crippen LogP contribution >= 0.6 is 0 Å². The first-order chi connectivity index (χ1) is 17.5. The van der Waals surface area contributed by atoms with Gasteiger partial charge in [0.25, 0.3) is 5.91 Å². The van der Waals surface area contributed by atoms with Gasteiger partial charge in [0.1, 0.15) is 0 Å². The van der Waals surface area contributed by atoms with Crippen LogP contribution in [0.25, 0.3) is 11.1 Å². The molecule has 0 bridgehead atoms. The van der Waals surface area contributed by atoms with Crippen molar-refractivity contribution in [3.8, 4) is 11.1 Å². The molecule has 2 atom stereocenters. The van der Waals surface area contributed by atoms with Crippen molar-refractivity contribution in [1.82, 2.24) is 10.6 Å². The number of nitrogens with two attached hydrogens (primary N) is 1. The standard InChI is InChI=1S/C31H37N3O2/c1-2-28(34-29-18-17-24-13-16-26(30(32)35)20-27(24)21-29)10-6-7-19-33-31(36)25-14-11-23(12-15-25)22-8-4-3-5-9-22/h3-5,8-9,11-16,20,28-29,34H,2,6-7,10,17-19,21H2,1H3,(H2,32,35)(H,33,36). The number of unbranched alkanes of at least 4 members (excludes halogenated alkanes) is 1. The molecule has 0 heterocycles. The van der Waals surface area contributed by atoms with Gasteiger partial charge >= 0.3 is 0 Å². The summed E-state index contributed by atoms with van der Waals surface area (Å²) >= 11 is 0. The molecule has 188 valence electrons. The Kier molecular flexibility index (Phi) is 8.90. The number of rotatable bonds is 11.